The van der Waals surface area contributed by atoms with Crippen molar-refractivity contribution in [2.24, 2.45) is 5.92 Å². The highest BCUT2D eigenvalue weighted by Gasteiger charge is 2.36. The summed E-state index contributed by atoms with van der Waals surface area (Å²) in [4.78, 5) is 14.5. The van der Waals surface area contributed by atoms with E-state index in [1.54, 1.807) is 0 Å². The van der Waals surface area contributed by atoms with Crippen LogP contribution in [0.1, 0.15) is 26.7 Å². The molecule has 0 aromatic carbocycles. The summed E-state index contributed by atoms with van der Waals surface area (Å²) in [5.74, 6) is 2.99. The topological polar surface area (TPSA) is 32.3 Å². The van der Waals surface area contributed by atoms with Crippen LogP contribution < -0.4 is 5.32 Å². The van der Waals surface area contributed by atoms with Crippen LogP contribution in [-0.4, -0.2) is 47.5 Å². The second-order valence-electron chi connectivity index (χ2n) is 5.20. The van der Waals surface area contributed by atoms with Crippen LogP contribution in [0.15, 0.2) is 0 Å². The number of hydrogen-bond donors (Lipinski definition) is 1. The normalized spacial score (nSPS) is 25.8. The lowest BCUT2D eigenvalue weighted by Crippen LogP contribution is -2.52. The smallest absolute Gasteiger partial charge is 0.240 e. The van der Waals surface area contributed by atoms with E-state index >= 15 is 0 Å². The number of hydrogen-bond acceptors (Lipinski definition) is 3. The van der Waals surface area contributed by atoms with E-state index < -0.39 is 0 Å². The van der Waals surface area contributed by atoms with Crippen molar-refractivity contribution >= 4 is 17.7 Å². The molecule has 1 heterocycles. The largest absolute Gasteiger partial charge is 0.338 e. The monoisotopic (exact) mass is 242 g/mol. The van der Waals surface area contributed by atoms with Crippen LogP contribution in [0.5, 0.6) is 0 Å². The Hall–Kier alpha value is -0.220. The predicted octanol–water partition coefficient (Wildman–Crippen LogP) is 1.34. The SMILES string of the molecule is CC(C)CN(C(=O)C1CSCCN1)C1CC1. The lowest BCUT2D eigenvalue weighted by atomic mass is 10.1. The number of amides is 1. The summed E-state index contributed by atoms with van der Waals surface area (Å²) in [5.41, 5.74) is 0. The molecule has 0 radical (unpaired) electrons. The lowest BCUT2D eigenvalue weighted by molar-refractivity contribution is -0.134. The van der Waals surface area contributed by atoms with Crippen LogP contribution in [0, 0.1) is 5.92 Å². The van der Waals surface area contributed by atoms with E-state index in [2.05, 4.69) is 24.1 Å². The molecule has 2 rings (SSSR count). The number of nitrogens with zero attached hydrogens (tertiary/aromatic N) is 1. The maximum atomic E-state index is 12.4. The molecule has 1 saturated heterocycles. The molecule has 2 aliphatic rings. The Kier molecular flexibility index (Phi) is 4.14. The van der Waals surface area contributed by atoms with Crippen molar-refractivity contribution in [3.8, 4) is 0 Å². The molecule has 16 heavy (non-hydrogen) atoms. The molecule has 1 unspecified atom stereocenters. The third-order valence-electron chi connectivity index (χ3n) is 3.05. The first-order valence-corrected chi connectivity index (χ1v) is 7.45. The third kappa shape index (κ3) is 3.14. The minimum atomic E-state index is 0.0677. The van der Waals surface area contributed by atoms with Gasteiger partial charge in [0, 0.05) is 30.6 Å². The molecule has 1 N–H and O–H groups in total. The fraction of sp³-hybridized carbons (Fsp3) is 0.917. The summed E-state index contributed by atoms with van der Waals surface area (Å²) in [6.07, 6.45) is 2.41. The summed E-state index contributed by atoms with van der Waals surface area (Å²) < 4.78 is 0. The molecule has 2 fully saturated rings. The van der Waals surface area contributed by atoms with Crippen LogP contribution in [0.3, 0.4) is 0 Å². The molecule has 0 spiro atoms. The van der Waals surface area contributed by atoms with E-state index in [1.165, 1.54) is 12.8 Å². The van der Waals surface area contributed by atoms with Gasteiger partial charge < -0.3 is 10.2 Å². The molecule has 1 aliphatic heterocycles. The Labute approximate surface area is 102 Å². The van der Waals surface area contributed by atoms with Gasteiger partial charge in [-0.05, 0) is 18.8 Å². The molecule has 1 atom stereocenters. The second-order valence-corrected chi connectivity index (χ2v) is 6.35. The summed E-state index contributed by atoms with van der Waals surface area (Å²) in [6, 6.07) is 0.613. The van der Waals surface area contributed by atoms with Crippen molar-refractivity contribution in [3.05, 3.63) is 0 Å². The van der Waals surface area contributed by atoms with Crippen LogP contribution in [0.25, 0.3) is 0 Å². The molecule has 1 saturated carbocycles. The maximum Gasteiger partial charge on any atom is 0.240 e. The van der Waals surface area contributed by atoms with E-state index in [-0.39, 0.29) is 6.04 Å². The number of nitrogens with one attached hydrogen (secondary N) is 1. The molecular weight excluding hydrogens is 220 g/mol. The quantitative estimate of drug-likeness (QED) is 0.807. The van der Waals surface area contributed by atoms with Gasteiger partial charge in [-0.2, -0.15) is 11.8 Å². The standard InChI is InChI=1S/C12H22N2OS/c1-9(2)7-14(10-3-4-10)12(15)11-8-16-6-5-13-11/h9-11,13H,3-8H2,1-2H3. The molecule has 4 heteroatoms. The number of thioether (sulfide) groups is 1. The third-order valence-corrected chi connectivity index (χ3v) is 4.11. The van der Waals surface area contributed by atoms with Crippen LogP contribution >= 0.6 is 11.8 Å². The average Bonchev–Trinajstić information content (AvgIpc) is 3.10. The van der Waals surface area contributed by atoms with Crippen molar-refractivity contribution < 1.29 is 4.79 Å². The molecule has 3 nitrogen and oxygen atoms in total. The number of rotatable bonds is 4. The summed E-state index contributed by atoms with van der Waals surface area (Å²) in [5, 5.41) is 3.34. The number of carbonyl (C=O) groups excluding carboxylic acids is 1. The van der Waals surface area contributed by atoms with E-state index in [9.17, 15) is 4.79 Å². The van der Waals surface area contributed by atoms with Gasteiger partial charge in [-0.15, -0.1) is 0 Å². The Balaban J connectivity index is 1.92. The van der Waals surface area contributed by atoms with Gasteiger partial charge in [0.1, 0.15) is 0 Å². The fourth-order valence-corrected chi connectivity index (χ4v) is 3.05. The Morgan fingerprint density at radius 1 is 1.50 bits per heavy atom. The van der Waals surface area contributed by atoms with Crippen molar-refractivity contribution in [3.63, 3.8) is 0 Å². The summed E-state index contributed by atoms with van der Waals surface area (Å²) in [6.45, 7) is 6.27. The first-order chi connectivity index (χ1) is 7.68. The van der Waals surface area contributed by atoms with E-state index in [1.807, 2.05) is 11.8 Å². The van der Waals surface area contributed by atoms with Crippen molar-refractivity contribution in [2.75, 3.05) is 24.6 Å². The Morgan fingerprint density at radius 3 is 2.75 bits per heavy atom. The minimum absolute atomic E-state index is 0.0677. The van der Waals surface area contributed by atoms with Gasteiger partial charge in [0.2, 0.25) is 5.91 Å². The lowest BCUT2D eigenvalue weighted by Gasteiger charge is -2.31. The first-order valence-electron chi connectivity index (χ1n) is 6.30. The van der Waals surface area contributed by atoms with Crippen LogP contribution in [0.4, 0.5) is 0 Å². The Bertz CT molecular complexity index is 247. The highest BCUT2D eigenvalue weighted by Crippen LogP contribution is 2.28. The van der Waals surface area contributed by atoms with E-state index in [0.29, 0.717) is 17.9 Å². The van der Waals surface area contributed by atoms with Gasteiger partial charge in [0.05, 0.1) is 6.04 Å². The maximum absolute atomic E-state index is 12.4. The van der Waals surface area contributed by atoms with Crippen molar-refractivity contribution in [1.82, 2.24) is 10.2 Å². The molecule has 0 aromatic heterocycles. The van der Waals surface area contributed by atoms with Crippen LogP contribution in [-0.2, 0) is 4.79 Å². The van der Waals surface area contributed by atoms with E-state index in [4.69, 9.17) is 0 Å². The summed E-state index contributed by atoms with van der Waals surface area (Å²) in [7, 11) is 0. The molecule has 1 aliphatic carbocycles. The zero-order chi connectivity index (χ0) is 11.5. The van der Waals surface area contributed by atoms with Crippen molar-refractivity contribution in [1.29, 1.82) is 0 Å². The highest BCUT2D eigenvalue weighted by molar-refractivity contribution is 7.99. The van der Waals surface area contributed by atoms with Crippen LogP contribution in [0.2, 0.25) is 0 Å². The molecular formula is C12H22N2OS. The first kappa shape index (κ1) is 12.2. The predicted molar refractivity (Wildman–Crippen MR) is 68.7 cm³/mol. The van der Waals surface area contributed by atoms with E-state index in [0.717, 1.165) is 24.6 Å². The molecule has 1 amide bonds. The van der Waals surface area contributed by atoms with Crippen molar-refractivity contribution in [2.45, 2.75) is 38.8 Å². The van der Waals surface area contributed by atoms with Gasteiger partial charge in [-0.3, -0.25) is 4.79 Å². The highest BCUT2D eigenvalue weighted by atomic mass is 32.2. The zero-order valence-electron chi connectivity index (χ0n) is 10.2. The van der Waals surface area contributed by atoms with Gasteiger partial charge >= 0.3 is 0 Å². The second kappa shape index (κ2) is 5.41. The molecule has 0 bridgehead atoms. The number of carbonyl (C=O) groups is 1. The van der Waals surface area contributed by atoms with Gasteiger partial charge in [-0.1, -0.05) is 13.8 Å². The molecule has 0 aromatic rings. The van der Waals surface area contributed by atoms with Gasteiger partial charge in [0.25, 0.3) is 0 Å². The van der Waals surface area contributed by atoms with Gasteiger partial charge in [-0.25, -0.2) is 0 Å². The Morgan fingerprint density at radius 2 is 2.25 bits per heavy atom. The molecule has 92 valence electrons. The summed E-state index contributed by atoms with van der Waals surface area (Å²) >= 11 is 1.89. The van der Waals surface area contributed by atoms with Gasteiger partial charge in [0.15, 0.2) is 0 Å². The fourth-order valence-electron chi connectivity index (χ4n) is 2.12. The average molecular weight is 242 g/mol. The zero-order valence-corrected chi connectivity index (χ0v) is 11.1. The minimum Gasteiger partial charge on any atom is -0.338 e.